The van der Waals surface area contributed by atoms with Crippen LogP contribution < -0.4 is 5.63 Å². The van der Waals surface area contributed by atoms with Crippen molar-refractivity contribution in [1.82, 2.24) is 9.78 Å². The minimum absolute atomic E-state index is 0.0372. The Morgan fingerprint density at radius 2 is 1.79 bits per heavy atom. The van der Waals surface area contributed by atoms with Gasteiger partial charge in [0.2, 0.25) is 5.71 Å². The van der Waals surface area contributed by atoms with Crippen LogP contribution >= 0.6 is 0 Å². The molecule has 0 aliphatic rings. The Morgan fingerprint density at radius 3 is 2.45 bits per heavy atom. The van der Waals surface area contributed by atoms with Crippen molar-refractivity contribution in [3.63, 3.8) is 0 Å². The van der Waals surface area contributed by atoms with Crippen LogP contribution in [-0.2, 0) is 0 Å². The topological polar surface area (TPSA) is 104 Å². The van der Waals surface area contributed by atoms with Crippen molar-refractivity contribution < 1.29 is 9.34 Å². The molecule has 0 aliphatic heterocycles. The van der Waals surface area contributed by atoms with E-state index in [0.717, 1.165) is 27.9 Å². The van der Waals surface area contributed by atoms with Crippen molar-refractivity contribution in [3.8, 4) is 5.69 Å². The molecule has 144 valence electrons. The third-order valence-corrected chi connectivity index (χ3v) is 4.50. The van der Waals surface area contributed by atoms with Crippen LogP contribution in [0.1, 0.15) is 16.8 Å². The van der Waals surface area contributed by atoms with E-state index in [0.29, 0.717) is 11.4 Å². The van der Waals surface area contributed by atoms with Crippen LogP contribution in [0.3, 0.4) is 0 Å². The Hall–Kier alpha value is -4.07. The van der Waals surface area contributed by atoms with Crippen molar-refractivity contribution in [3.05, 3.63) is 92.0 Å². The van der Waals surface area contributed by atoms with E-state index in [9.17, 15) is 14.9 Å². The van der Waals surface area contributed by atoms with E-state index < -0.39 is 10.5 Å². The van der Waals surface area contributed by atoms with Crippen LogP contribution in [0.25, 0.3) is 16.8 Å². The van der Waals surface area contributed by atoms with Crippen LogP contribution in [0.15, 0.2) is 68.8 Å². The van der Waals surface area contributed by atoms with E-state index in [2.05, 4.69) is 10.1 Å². The number of fused-ring (bicyclic) bond motifs is 1. The van der Waals surface area contributed by atoms with E-state index in [1.807, 2.05) is 38.1 Å². The highest BCUT2D eigenvalue weighted by Crippen LogP contribution is 2.24. The predicted octanol–water partition coefficient (Wildman–Crippen LogP) is 4.25. The number of aliphatic imine (C=N–C) groups is 1. The summed E-state index contributed by atoms with van der Waals surface area (Å²) >= 11 is 0. The number of hydrogen-bond donors (Lipinski definition) is 0. The molecule has 0 spiro atoms. The van der Waals surface area contributed by atoms with Gasteiger partial charge in [-0.2, -0.15) is 9.78 Å². The van der Waals surface area contributed by atoms with E-state index in [1.54, 1.807) is 23.0 Å². The number of aromatic nitrogens is 2. The Balaban J connectivity index is 1.62. The van der Waals surface area contributed by atoms with Crippen LogP contribution in [0, 0.1) is 24.0 Å². The van der Waals surface area contributed by atoms with Crippen LogP contribution in [-0.4, -0.2) is 20.9 Å². The first-order chi connectivity index (χ1) is 13.9. The fourth-order valence-corrected chi connectivity index (χ4v) is 3.11. The van der Waals surface area contributed by atoms with Gasteiger partial charge in [0.25, 0.3) is 5.69 Å². The first-order valence-electron chi connectivity index (χ1n) is 8.81. The molecule has 0 N–H and O–H groups in total. The number of benzene rings is 2. The summed E-state index contributed by atoms with van der Waals surface area (Å²) in [6.07, 6.45) is 1.63. The fraction of sp³-hybridized carbons (Fsp3) is 0.0952. The molecule has 4 rings (SSSR count). The molecular weight excluding hydrogens is 372 g/mol. The van der Waals surface area contributed by atoms with Gasteiger partial charge in [0.1, 0.15) is 0 Å². The summed E-state index contributed by atoms with van der Waals surface area (Å²) in [5.74, 6) is 0. The first kappa shape index (κ1) is 18.3. The van der Waals surface area contributed by atoms with Gasteiger partial charge in [-0.25, -0.2) is 4.79 Å². The molecule has 0 saturated carbocycles. The number of aryl methyl sites for hydroxylation is 2. The van der Waals surface area contributed by atoms with E-state index >= 15 is 0 Å². The van der Waals surface area contributed by atoms with Gasteiger partial charge < -0.3 is 4.42 Å². The zero-order valence-electron chi connectivity index (χ0n) is 15.7. The molecule has 0 amide bonds. The van der Waals surface area contributed by atoms with Crippen molar-refractivity contribution in [2.45, 2.75) is 13.8 Å². The van der Waals surface area contributed by atoms with E-state index in [1.165, 1.54) is 18.2 Å². The molecule has 0 radical (unpaired) electrons. The van der Waals surface area contributed by atoms with Gasteiger partial charge in [-0.1, -0.05) is 0 Å². The number of nitro benzene ring substituents is 1. The zero-order valence-corrected chi connectivity index (χ0v) is 15.7. The third kappa shape index (κ3) is 3.55. The lowest BCUT2D eigenvalue weighted by Crippen LogP contribution is -2.01. The number of nitrogens with zero attached hydrogens (tertiary/aromatic N) is 4. The molecule has 8 heteroatoms. The summed E-state index contributed by atoms with van der Waals surface area (Å²) in [6.45, 7) is 3.73. The minimum Gasteiger partial charge on any atom is -0.403 e. The maximum atomic E-state index is 11.8. The SMILES string of the molecule is Cc1cc(=O)oc2c1c(C)nn2-c1ccc(N=Cc2ccc([N+](=O)[O-])cc2)cc1. The zero-order chi connectivity index (χ0) is 20.5. The van der Waals surface area contributed by atoms with Crippen LogP contribution in [0.5, 0.6) is 0 Å². The summed E-state index contributed by atoms with van der Waals surface area (Å²) in [6, 6.07) is 14.9. The summed E-state index contributed by atoms with van der Waals surface area (Å²) in [7, 11) is 0. The summed E-state index contributed by atoms with van der Waals surface area (Å²) in [5, 5.41) is 16.0. The standard InChI is InChI=1S/C21H16N4O4/c1-13-11-19(26)29-21-20(13)14(2)23-24(21)17-9-5-16(6-10-17)22-12-15-3-7-18(8-4-15)25(27)28/h3-12H,1-2H3. The van der Waals surface area contributed by atoms with Gasteiger partial charge in [0.15, 0.2) is 0 Å². The van der Waals surface area contributed by atoms with Crippen molar-refractivity contribution in [1.29, 1.82) is 0 Å². The van der Waals surface area contributed by atoms with Gasteiger partial charge in [-0.3, -0.25) is 15.1 Å². The fourth-order valence-electron chi connectivity index (χ4n) is 3.11. The Morgan fingerprint density at radius 1 is 1.10 bits per heavy atom. The second kappa shape index (κ2) is 7.16. The molecule has 0 unspecified atom stereocenters. The monoisotopic (exact) mass is 388 g/mol. The lowest BCUT2D eigenvalue weighted by Gasteiger charge is -2.03. The molecule has 4 aromatic rings. The average Bonchev–Trinajstić information content (AvgIpc) is 3.03. The predicted molar refractivity (Wildman–Crippen MR) is 109 cm³/mol. The van der Waals surface area contributed by atoms with E-state index in [-0.39, 0.29) is 5.69 Å². The Bertz CT molecular complexity index is 1300. The van der Waals surface area contributed by atoms with Gasteiger partial charge in [-0.05, 0) is 61.4 Å². The highest BCUT2D eigenvalue weighted by Gasteiger charge is 2.14. The molecule has 0 saturated heterocycles. The van der Waals surface area contributed by atoms with Crippen molar-refractivity contribution >= 4 is 28.7 Å². The molecule has 0 atom stereocenters. The lowest BCUT2D eigenvalue weighted by atomic mass is 10.2. The first-order valence-corrected chi connectivity index (χ1v) is 8.81. The average molecular weight is 388 g/mol. The molecule has 2 heterocycles. The molecule has 2 aromatic heterocycles. The van der Waals surface area contributed by atoms with Gasteiger partial charge in [0, 0.05) is 24.4 Å². The van der Waals surface area contributed by atoms with Gasteiger partial charge >= 0.3 is 5.63 Å². The molecule has 0 fully saturated rings. The van der Waals surface area contributed by atoms with Gasteiger partial charge in [-0.15, -0.1) is 0 Å². The molecule has 0 aliphatic carbocycles. The smallest absolute Gasteiger partial charge is 0.337 e. The maximum absolute atomic E-state index is 11.8. The molecule has 8 nitrogen and oxygen atoms in total. The number of non-ortho nitro benzene ring substituents is 1. The summed E-state index contributed by atoms with van der Waals surface area (Å²) in [5.41, 5.74) is 3.84. The van der Waals surface area contributed by atoms with Crippen LogP contribution in [0.4, 0.5) is 11.4 Å². The quantitative estimate of drug-likeness (QED) is 0.295. The largest absolute Gasteiger partial charge is 0.403 e. The lowest BCUT2D eigenvalue weighted by molar-refractivity contribution is -0.384. The third-order valence-electron chi connectivity index (χ3n) is 4.50. The van der Waals surface area contributed by atoms with E-state index in [4.69, 9.17) is 4.42 Å². The summed E-state index contributed by atoms with van der Waals surface area (Å²) < 4.78 is 6.98. The number of rotatable bonds is 4. The molecule has 29 heavy (non-hydrogen) atoms. The van der Waals surface area contributed by atoms with Gasteiger partial charge in [0.05, 0.1) is 27.4 Å². The molecule has 2 aromatic carbocycles. The Kier molecular flexibility index (Phi) is 4.52. The second-order valence-corrected chi connectivity index (χ2v) is 6.55. The van der Waals surface area contributed by atoms with Crippen LogP contribution in [0.2, 0.25) is 0 Å². The Labute approximate surface area is 164 Å². The normalized spacial score (nSPS) is 11.4. The minimum atomic E-state index is -0.441. The highest BCUT2D eigenvalue weighted by atomic mass is 16.6. The van der Waals surface area contributed by atoms with Crippen molar-refractivity contribution in [2.24, 2.45) is 4.99 Å². The highest BCUT2D eigenvalue weighted by molar-refractivity contribution is 5.83. The van der Waals surface area contributed by atoms with Crippen molar-refractivity contribution in [2.75, 3.05) is 0 Å². The number of nitro groups is 1. The molecular formula is C21H16N4O4. The maximum Gasteiger partial charge on any atom is 0.337 e. The molecule has 0 bridgehead atoms. The summed E-state index contributed by atoms with van der Waals surface area (Å²) in [4.78, 5) is 26.4. The second-order valence-electron chi connectivity index (χ2n) is 6.55. The number of hydrogen-bond acceptors (Lipinski definition) is 6.